The van der Waals surface area contributed by atoms with Gasteiger partial charge < -0.3 is 15.4 Å². The molecular formula is C19H29IN4OS. The lowest BCUT2D eigenvalue weighted by molar-refractivity contribution is 0.409. The van der Waals surface area contributed by atoms with E-state index in [-0.39, 0.29) is 24.0 Å². The van der Waals surface area contributed by atoms with Crippen LogP contribution < -0.4 is 15.4 Å². The molecular weight excluding hydrogens is 459 g/mol. The number of halogens is 1. The van der Waals surface area contributed by atoms with Gasteiger partial charge in [0.05, 0.1) is 12.1 Å². The summed E-state index contributed by atoms with van der Waals surface area (Å²) in [5.74, 6) is 1.78. The van der Waals surface area contributed by atoms with E-state index in [4.69, 9.17) is 4.74 Å². The third-order valence-corrected chi connectivity index (χ3v) is 4.97. The Morgan fingerprint density at radius 1 is 1.19 bits per heavy atom. The number of hydrogen-bond acceptors (Lipinski definition) is 4. The first-order valence-electron chi connectivity index (χ1n) is 8.84. The Labute approximate surface area is 177 Å². The van der Waals surface area contributed by atoms with Crippen molar-refractivity contribution in [3.63, 3.8) is 0 Å². The maximum atomic E-state index is 5.40. The summed E-state index contributed by atoms with van der Waals surface area (Å²) in [5.41, 5.74) is 1.20. The van der Waals surface area contributed by atoms with Gasteiger partial charge in [-0.1, -0.05) is 25.1 Å². The van der Waals surface area contributed by atoms with Crippen LogP contribution in [0.15, 0.2) is 35.5 Å². The second-order valence-corrected chi connectivity index (χ2v) is 6.77. The van der Waals surface area contributed by atoms with Crippen LogP contribution in [0.25, 0.3) is 0 Å². The van der Waals surface area contributed by atoms with E-state index in [1.165, 1.54) is 10.4 Å². The van der Waals surface area contributed by atoms with Crippen molar-refractivity contribution in [2.24, 2.45) is 4.99 Å². The Hall–Kier alpha value is -1.35. The minimum atomic E-state index is 0. The summed E-state index contributed by atoms with van der Waals surface area (Å²) in [5, 5.41) is 7.84. The summed E-state index contributed by atoms with van der Waals surface area (Å²) in [6.07, 6.45) is 4.79. The monoisotopic (exact) mass is 488 g/mol. The molecule has 2 aromatic rings. The molecule has 0 fully saturated rings. The standard InChI is InChI=1S/C19H28N4OS.HI/c1-4-16-14-23-18(25-16)11-13-22-19(20-5-2)21-12-10-15-8-6-7-9-17(15)24-3;/h6-9,14H,4-5,10-13H2,1-3H3,(H2,20,21,22);1H. The molecule has 1 aromatic carbocycles. The van der Waals surface area contributed by atoms with Crippen LogP contribution in [0.4, 0.5) is 0 Å². The first-order valence-corrected chi connectivity index (χ1v) is 9.66. The lowest BCUT2D eigenvalue weighted by atomic mass is 10.1. The predicted molar refractivity (Wildman–Crippen MR) is 121 cm³/mol. The maximum absolute atomic E-state index is 5.40. The van der Waals surface area contributed by atoms with Crippen LogP contribution in [-0.2, 0) is 19.3 Å². The highest BCUT2D eigenvalue weighted by Gasteiger charge is 2.03. The fourth-order valence-electron chi connectivity index (χ4n) is 2.46. The number of hydrogen-bond donors (Lipinski definition) is 2. The highest BCUT2D eigenvalue weighted by Crippen LogP contribution is 2.17. The van der Waals surface area contributed by atoms with E-state index in [2.05, 4.69) is 40.5 Å². The van der Waals surface area contributed by atoms with Crippen molar-refractivity contribution in [3.8, 4) is 5.75 Å². The van der Waals surface area contributed by atoms with Crippen molar-refractivity contribution in [1.29, 1.82) is 0 Å². The number of aryl methyl sites for hydroxylation is 1. The molecule has 0 aliphatic rings. The van der Waals surface area contributed by atoms with Crippen molar-refractivity contribution in [2.75, 3.05) is 26.7 Å². The van der Waals surface area contributed by atoms with Gasteiger partial charge in [0.25, 0.3) is 0 Å². The number of nitrogens with one attached hydrogen (secondary N) is 2. The van der Waals surface area contributed by atoms with E-state index in [1.54, 1.807) is 18.4 Å². The molecule has 144 valence electrons. The molecule has 0 bridgehead atoms. The molecule has 0 saturated carbocycles. The lowest BCUT2D eigenvalue weighted by Crippen LogP contribution is -2.38. The Morgan fingerprint density at radius 2 is 2.00 bits per heavy atom. The summed E-state index contributed by atoms with van der Waals surface area (Å²) in [6.45, 7) is 6.62. The SMILES string of the molecule is CCNC(=NCCc1ncc(CC)s1)NCCc1ccccc1OC.I. The highest BCUT2D eigenvalue weighted by atomic mass is 127. The van der Waals surface area contributed by atoms with Crippen molar-refractivity contribution in [3.05, 3.63) is 45.9 Å². The zero-order chi connectivity index (χ0) is 17.9. The Morgan fingerprint density at radius 3 is 2.69 bits per heavy atom. The number of thiazole rings is 1. The van der Waals surface area contributed by atoms with Gasteiger partial charge in [-0.05, 0) is 31.4 Å². The van der Waals surface area contributed by atoms with Crippen LogP contribution >= 0.6 is 35.3 Å². The number of methoxy groups -OCH3 is 1. The molecule has 0 amide bonds. The molecule has 2 N–H and O–H groups in total. The van der Waals surface area contributed by atoms with E-state index in [0.29, 0.717) is 0 Å². The van der Waals surface area contributed by atoms with E-state index < -0.39 is 0 Å². The molecule has 1 heterocycles. The second kappa shape index (κ2) is 12.9. The van der Waals surface area contributed by atoms with Gasteiger partial charge in [-0.15, -0.1) is 35.3 Å². The largest absolute Gasteiger partial charge is 0.496 e. The zero-order valence-corrected chi connectivity index (χ0v) is 18.9. The van der Waals surface area contributed by atoms with Crippen LogP contribution in [-0.4, -0.2) is 37.7 Å². The van der Waals surface area contributed by atoms with Crippen LogP contribution in [0.1, 0.15) is 29.3 Å². The maximum Gasteiger partial charge on any atom is 0.191 e. The first-order chi connectivity index (χ1) is 12.3. The number of aromatic nitrogens is 1. The molecule has 2 rings (SSSR count). The highest BCUT2D eigenvalue weighted by molar-refractivity contribution is 14.0. The van der Waals surface area contributed by atoms with Gasteiger partial charge in [0.1, 0.15) is 5.75 Å². The van der Waals surface area contributed by atoms with E-state index in [9.17, 15) is 0 Å². The number of aliphatic imine (C=N–C) groups is 1. The molecule has 0 saturated heterocycles. The number of benzene rings is 1. The van der Waals surface area contributed by atoms with Crippen LogP contribution in [0.3, 0.4) is 0 Å². The van der Waals surface area contributed by atoms with Gasteiger partial charge >= 0.3 is 0 Å². The van der Waals surface area contributed by atoms with Gasteiger partial charge in [-0.25, -0.2) is 4.98 Å². The summed E-state index contributed by atoms with van der Waals surface area (Å²) < 4.78 is 5.40. The average molecular weight is 488 g/mol. The summed E-state index contributed by atoms with van der Waals surface area (Å²) in [4.78, 5) is 10.4. The molecule has 7 heteroatoms. The Balaban J connectivity index is 0.00000338. The molecule has 1 aromatic heterocycles. The van der Waals surface area contributed by atoms with E-state index >= 15 is 0 Å². The Kier molecular flexibility index (Phi) is 11.3. The molecule has 0 aliphatic heterocycles. The molecule has 0 radical (unpaired) electrons. The topological polar surface area (TPSA) is 58.5 Å². The van der Waals surface area contributed by atoms with Gasteiger partial charge in [-0.2, -0.15) is 0 Å². The number of rotatable bonds is 9. The average Bonchev–Trinajstić information content (AvgIpc) is 3.10. The summed E-state index contributed by atoms with van der Waals surface area (Å²) >= 11 is 1.78. The lowest BCUT2D eigenvalue weighted by Gasteiger charge is -2.12. The van der Waals surface area contributed by atoms with Crippen LogP contribution in [0.2, 0.25) is 0 Å². The molecule has 5 nitrogen and oxygen atoms in total. The number of ether oxygens (including phenoxy) is 1. The third-order valence-electron chi connectivity index (χ3n) is 3.77. The third kappa shape index (κ3) is 7.49. The van der Waals surface area contributed by atoms with Crippen molar-refractivity contribution < 1.29 is 4.74 Å². The van der Waals surface area contributed by atoms with E-state index in [0.717, 1.165) is 55.6 Å². The van der Waals surface area contributed by atoms with Crippen LogP contribution in [0, 0.1) is 0 Å². The van der Waals surface area contributed by atoms with Gasteiger partial charge in [0.15, 0.2) is 5.96 Å². The van der Waals surface area contributed by atoms with Crippen molar-refractivity contribution in [2.45, 2.75) is 33.1 Å². The van der Waals surface area contributed by atoms with Crippen LogP contribution in [0.5, 0.6) is 5.75 Å². The fourth-order valence-corrected chi connectivity index (χ4v) is 3.31. The number of para-hydroxylation sites is 1. The fraction of sp³-hybridized carbons (Fsp3) is 0.474. The molecule has 0 atom stereocenters. The summed E-state index contributed by atoms with van der Waals surface area (Å²) in [6, 6.07) is 8.12. The number of nitrogens with zero attached hydrogens (tertiary/aromatic N) is 2. The van der Waals surface area contributed by atoms with E-state index in [1.807, 2.05) is 24.4 Å². The van der Waals surface area contributed by atoms with Gasteiger partial charge in [0, 0.05) is 37.1 Å². The molecule has 26 heavy (non-hydrogen) atoms. The van der Waals surface area contributed by atoms with Gasteiger partial charge in [-0.3, -0.25) is 4.99 Å². The normalized spacial score (nSPS) is 11.0. The predicted octanol–water partition coefficient (Wildman–Crippen LogP) is 3.67. The summed E-state index contributed by atoms with van der Waals surface area (Å²) in [7, 11) is 1.71. The van der Waals surface area contributed by atoms with Crippen molar-refractivity contribution >= 4 is 41.3 Å². The Bertz CT molecular complexity index is 675. The first kappa shape index (κ1) is 22.7. The van der Waals surface area contributed by atoms with Crippen molar-refractivity contribution in [1.82, 2.24) is 15.6 Å². The smallest absolute Gasteiger partial charge is 0.191 e. The molecule has 0 aliphatic carbocycles. The minimum Gasteiger partial charge on any atom is -0.496 e. The van der Waals surface area contributed by atoms with Gasteiger partial charge in [0.2, 0.25) is 0 Å². The second-order valence-electron chi connectivity index (χ2n) is 5.57. The molecule has 0 unspecified atom stereocenters. The zero-order valence-electron chi connectivity index (χ0n) is 15.7. The molecule has 0 spiro atoms. The minimum absolute atomic E-state index is 0. The quantitative estimate of drug-likeness (QED) is 0.321. The number of guanidine groups is 1.